The first-order valence-electron chi connectivity index (χ1n) is 6.54. The number of aryl methyl sites for hydroxylation is 1. The summed E-state index contributed by atoms with van der Waals surface area (Å²) in [7, 11) is 0. The van der Waals surface area contributed by atoms with E-state index in [2.05, 4.69) is 13.8 Å². The summed E-state index contributed by atoms with van der Waals surface area (Å²) >= 11 is 6.10. The van der Waals surface area contributed by atoms with Crippen LogP contribution in [0.15, 0.2) is 18.2 Å². The van der Waals surface area contributed by atoms with Gasteiger partial charge in [-0.15, -0.1) is 0 Å². The van der Waals surface area contributed by atoms with Gasteiger partial charge in [0, 0.05) is 5.02 Å². The summed E-state index contributed by atoms with van der Waals surface area (Å²) in [5.74, 6) is 0.341. The fraction of sp³-hybridized carbons (Fsp3) is 0.600. The zero-order valence-electron chi connectivity index (χ0n) is 11.0. The minimum absolute atomic E-state index is 0.341. The van der Waals surface area contributed by atoms with Gasteiger partial charge in [0.2, 0.25) is 0 Å². The second-order valence-corrected chi connectivity index (χ2v) is 5.17. The molecule has 0 aliphatic rings. The van der Waals surface area contributed by atoms with Crippen molar-refractivity contribution in [2.75, 3.05) is 0 Å². The zero-order chi connectivity index (χ0) is 12.8. The molecule has 17 heavy (non-hydrogen) atoms. The minimum atomic E-state index is -0.385. The van der Waals surface area contributed by atoms with Crippen LogP contribution in [0.25, 0.3) is 0 Å². The predicted molar refractivity (Wildman–Crippen MR) is 74.5 cm³/mol. The number of unbranched alkanes of at least 4 members (excludes halogenated alkanes) is 1. The van der Waals surface area contributed by atoms with E-state index in [0.29, 0.717) is 5.92 Å². The number of benzene rings is 1. The van der Waals surface area contributed by atoms with E-state index in [1.54, 1.807) is 0 Å². The van der Waals surface area contributed by atoms with Gasteiger partial charge in [-0.2, -0.15) is 0 Å². The summed E-state index contributed by atoms with van der Waals surface area (Å²) in [5.41, 5.74) is 2.01. The zero-order valence-corrected chi connectivity index (χ0v) is 11.8. The summed E-state index contributed by atoms with van der Waals surface area (Å²) in [4.78, 5) is 0. The summed E-state index contributed by atoms with van der Waals surface area (Å²) < 4.78 is 0. The molecule has 0 aliphatic carbocycles. The van der Waals surface area contributed by atoms with Gasteiger partial charge in [0.15, 0.2) is 0 Å². The normalized spacial score (nSPS) is 14.6. The van der Waals surface area contributed by atoms with Crippen LogP contribution in [0.1, 0.15) is 56.8 Å². The van der Waals surface area contributed by atoms with E-state index in [1.807, 2.05) is 25.1 Å². The second kappa shape index (κ2) is 7.03. The van der Waals surface area contributed by atoms with E-state index in [-0.39, 0.29) is 6.10 Å². The Morgan fingerprint density at radius 3 is 2.53 bits per heavy atom. The highest BCUT2D eigenvalue weighted by Gasteiger charge is 2.19. The molecule has 0 amide bonds. The van der Waals surface area contributed by atoms with Crippen LogP contribution < -0.4 is 0 Å². The fourth-order valence-electron chi connectivity index (χ4n) is 2.12. The Kier molecular flexibility index (Phi) is 6.01. The van der Waals surface area contributed by atoms with Gasteiger partial charge in [-0.3, -0.25) is 0 Å². The number of hydrogen-bond acceptors (Lipinski definition) is 1. The number of halogens is 1. The molecule has 0 saturated carbocycles. The third kappa shape index (κ3) is 4.01. The first-order valence-corrected chi connectivity index (χ1v) is 6.92. The smallest absolute Gasteiger partial charge is 0.0818 e. The molecule has 2 heteroatoms. The maximum atomic E-state index is 10.4. The molecule has 1 rings (SSSR count). The monoisotopic (exact) mass is 254 g/mol. The maximum Gasteiger partial charge on any atom is 0.0818 e. The van der Waals surface area contributed by atoms with Gasteiger partial charge >= 0.3 is 0 Å². The van der Waals surface area contributed by atoms with Crippen LogP contribution in [0, 0.1) is 12.8 Å². The van der Waals surface area contributed by atoms with E-state index >= 15 is 0 Å². The van der Waals surface area contributed by atoms with Gasteiger partial charge in [0.25, 0.3) is 0 Å². The van der Waals surface area contributed by atoms with Crippen LogP contribution in [0.2, 0.25) is 5.02 Å². The van der Waals surface area contributed by atoms with Crippen LogP contribution in [0.3, 0.4) is 0 Å². The van der Waals surface area contributed by atoms with Crippen molar-refractivity contribution in [2.24, 2.45) is 5.92 Å². The highest BCUT2D eigenvalue weighted by molar-refractivity contribution is 6.31. The van der Waals surface area contributed by atoms with Crippen molar-refractivity contribution in [1.29, 1.82) is 0 Å². The Morgan fingerprint density at radius 2 is 2.00 bits per heavy atom. The summed E-state index contributed by atoms with van der Waals surface area (Å²) in [5, 5.41) is 11.1. The fourth-order valence-corrected chi connectivity index (χ4v) is 2.31. The van der Waals surface area contributed by atoms with E-state index in [1.165, 1.54) is 12.8 Å². The van der Waals surface area contributed by atoms with E-state index in [0.717, 1.165) is 29.0 Å². The van der Waals surface area contributed by atoms with Crippen LogP contribution in [-0.4, -0.2) is 5.11 Å². The lowest BCUT2D eigenvalue weighted by atomic mass is 9.89. The van der Waals surface area contributed by atoms with Gasteiger partial charge in [-0.05, 0) is 36.5 Å². The molecule has 0 spiro atoms. The van der Waals surface area contributed by atoms with Gasteiger partial charge in [-0.1, -0.05) is 56.8 Å². The molecular weight excluding hydrogens is 232 g/mol. The molecule has 1 nitrogen and oxygen atoms in total. The molecule has 2 unspecified atom stereocenters. The SMILES string of the molecule is CCCCC(CC)C(O)c1ccc(C)c(Cl)c1. The van der Waals surface area contributed by atoms with Crippen molar-refractivity contribution in [3.63, 3.8) is 0 Å². The highest BCUT2D eigenvalue weighted by atomic mass is 35.5. The molecular formula is C15H23ClO. The van der Waals surface area contributed by atoms with E-state index in [4.69, 9.17) is 11.6 Å². The van der Waals surface area contributed by atoms with Gasteiger partial charge in [0.1, 0.15) is 0 Å². The first-order chi connectivity index (χ1) is 8.10. The summed E-state index contributed by atoms with van der Waals surface area (Å²) in [6, 6.07) is 5.87. The number of aliphatic hydroxyl groups excluding tert-OH is 1. The molecule has 0 radical (unpaired) electrons. The maximum absolute atomic E-state index is 10.4. The van der Waals surface area contributed by atoms with Crippen molar-refractivity contribution in [1.82, 2.24) is 0 Å². The van der Waals surface area contributed by atoms with Crippen molar-refractivity contribution in [3.05, 3.63) is 34.3 Å². The van der Waals surface area contributed by atoms with Crippen molar-refractivity contribution in [3.8, 4) is 0 Å². The average molecular weight is 255 g/mol. The molecule has 0 aliphatic heterocycles. The second-order valence-electron chi connectivity index (χ2n) is 4.76. The van der Waals surface area contributed by atoms with Crippen LogP contribution in [0.5, 0.6) is 0 Å². The van der Waals surface area contributed by atoms with E-state index in [9.17, 15) is 5.11 Å². The number of hydrogen-bond donors (Lipinski definition) is 1. The largest absolute Gasteiger partial charge is 0.388 e. The molecule has 0 saturated heterocycles. The molecule has 0 heterocycles. The Bertz CT molecular complexity index is 349. The van der Waals surface area contributed by atoms with Gasteiger partial charge in [-0.25, -0.2) is 0 Å². The first kappa shape index (κ1) is 14.5. The highest BCUT2D eigenvalue weighted by Crippen LogP contribution is 2.30. The average Bonchev–Trinajstić information content (AvgIpc) is 2.33. The van der Waals surface area contributed by atoms with E-state index < -0.39 is 0 Å². The molecule has 0 aromatic heterocycles. The third-order valence-corrected chi connectivity index (χ3v) is 3.84. The third-order valence-electron chi connectivity index (χ3n) is 3.44. The number of rotatable bonds is 6. The topological polar surface area (TPSA) is 20.2 Å². The molecule has 0 fully saturated rings. The summed E-state index contributed by atoms with van der Waals surface area (Å²) in [6.45, 7) is 6.30. The lowest BCUT2D eigenvalue weighted by Crippen LogP contribution is -2.12. The Balaban J connectivity index is 2.78. The summed E-state index contributed by atoms with van der Waals surface area (Å²) in [6.07, 6.45) is 4.06. The van der Waals surface area contributed by atoms with Crippen LogP contribution >= 0.6 is 11.6 Å². The van der Waals surface area contributed by atoms with Crippen molar-refractivity contribution < 1.29 is 5.11 Å². The molecule has 96 valence electrons. The van der Waals surface area contributed by atoms with Gasteiger partial charge < -0.3 is 5.11 Å². The molecule has 2 atom stereocenters. The minimum Gasteiger partial charge on any atom is -0.388 e. The van der Waals surface area contributed by atoms with Crippen molar-refractivity contribution >= 4 is 11.6 Å². The Labute approximate surface area is 110 Å². The molecule has 1 aromatic carbocycles. The standard InChI is InChI=1S/C15H23ClO/c1-4-6-7-12(5-2)15(17)13-9-8-11(3)14(16)10-13/h8-10,12,15,17H,4-7H2,1-3H3. The number of aliphatic hydroxyl groups is 1. The van der Waals surface area contributed by atoms with Gasteiger partial charge in [0.05, 0.1) is 6.10 Å². The molecule has 1 aromatic rings. The van der Waals surface area contributed by atoms with Crippen LogP contribution in [-0.2, 0) is 0 Å². The van der Waals surface area contributed by atoms with Crippen LogP contribution in [0.4, 0.5) is 0 Å². The molecule has 0 bridgehead atoms. The molecule has 1 N–H and O–H groups in total. The Morgan fingerprint density at radius 1 is 1.29 bits per heavy atom. The van der Waals surface area contributed by atoms with Crippen molar-refractivity contribution in [2.45, 2.75) is 52.6 Å². The quantitative estimate of drug-likeness (QED) is 0.766. The lowest BCUT2D eigenvalue weighted by Gasteiger charge is -2.22. The predicted octanol–water partition coefficient (Wildman–Crippen LogP) is 4.90. The lowest BCUT2D eigenvalue weighted by molar-refractivity contribution is 0.0989. The Hall–Kier alpha value is -0.530.